The maximum absolute atomic E-state index is 12.0. The molecule has 0 aromatic heterocycles. The van der Waals surface area contributed by atoms with E-state index in [2.05, 4.69) is 0 Å². The van der Waals surface area contributed by atoms with Crippen LogP contribution in [-0.2, 0) is 9.59 Å². The molecule has 2 rings (SSSR count). The quantitative estimate of drug-likeness (QED) is 0.601. The Labute approximate surface area is 106 Å². The normalized spacial score (nSPS) is 15.9. The van der Waals surface area contributed by atoms with Gasteiger partial charge in [0.25, 0.3) is 0 Å². The minimum atomic E-state index is -0.243. The molecule has 4 heteroatoms. The lowest BCUT2D eigenvalue weighted by molar-refractivity contribution is -0.147. The van der Waals surface area contributed by atoms with Gasteiger partial charge in [0, 0.05) is 18.4 Å². The van der Waals surface area contributed by atoms with E-state index in [-0.39, 0.29) is 24.1 Å². The van der Waals surface area contributed by atoms with E-state index in [1.165, 1.54) is 0 Å². The van der Waals surface area contributed by atoms with E-state index in [0.717, 1.165) is 10.5 Å². The molecule has 1 aromatic rings. The number of carbonyl (C=O) groups is 3. The van der Waals surface area contributed by atoms with Crippen LogP contribution in [0.5, 0.6) is 0 Å². The first kappa shape index (κ1) is 12.5. The molecule has 0 aliphatic carbocycles. The summed E-state index contributed by atoms with van der Waals surface area (Å²) in [5.74, 6) is -0.679. The number of benzene rings is 1. The molecule has 1 aliphatic rings. The number of rotatable bonds is 3. The standard InChI is InChI=1S/C14H15NO3/c1-10-4-2-5-11(8-10)12(16)9-15-13(17)6-3-7-14(15)18/h2,4-5,8H,3,6-7,9H2,1H3. The molecule has 0 unspecified atom stereocenters. The number of likely N-dealkylation sites (tertiary alicyclic amines) is 1. The van der Waals surface area contributed by atoms with Crippen LogP contribution >= 0.6 is 0 Å². The number of nitrogens with zero attached hydrogens (tertiary/aromatic N) is 1. The van der Waals surface area contributed by atoms with Crippen LogP contribution in [0.15, 0.2) is 24.3 Å². The molecule has 1 aromatic carbocycles. The number of ketones is 1. The van der Waals surface area contributed by atoms with Crippen molar-refractivity contribution in [3.05, 3.63) is 35.4 Å². The molecule has 0 radical (unpaired) electrons. The maximum Gasteiger partial charge on any atom is 0.229 e. The fourth-order valence-corrected chi connectivity index (χ4v) is 2.03. The molecular weight excluding hydrogens is 230 g/mol. The highest BCUT2D eigenvalue weighted by Gasteiger charge is 2.27. The Balaban J connectivity index is 2.11. The third kappa shape index (κ3) is 2.64. The van der Waals surface area contributed by atoms with Crippen LogP contribution in [0, 0.1) is 6.92 Å². The summed E-state index contributed by atoms with van der Waals surface area (Å²) in [6.07, 6.45) is 1.30. The predicted octanol–water partition coefficient (Wildman–Crippen LogP) is 1.72. The third-order valence-corrected chi connectivity index (χ3v) is 3.03. The fraction of sp³-hybridized carbons (Fsp3) is 0.357. The van der Waals surface area contributed by atoms with Crippen molar-refractivity contribution in [1.29, 1.82) is 0 Å². The second kappa shape index (κ2) is 5.12. The molecule has 0 spiro atoms. The molecule has 1 saturated heterocycles. The molecule has 0 atom stereocenters. The van der Waals surface area contributed by atoms with Crippen molar-refractivity contribution in [2.24, 2.45) is 0 Å². The molecule has 0 bridgehead atoms. The van der Waals surface area contributed by atoms with Crippen LogP contribution in [0.4, 0.5) is 0 Å². The van der Waals surface area contributed by atoms with Gasteiger partial charge in [-0.05, 0) is 19.4 Å². The lowest BCUT2D eigenvalue weighted by Gasteiger charge is -2.24. The van der Waals surface area contributed by atoms with Gasteiger partial charge in [0.05, 0.1) is 6.54 Å². The highest BCUT2D eigenvalue weighted by atomic mass is 16.2. The first-order valence-electron chi connectivity index (χ1n) is 6.01. The molecule has 18 heavy (non-hydrogen) atoms. The van der Waals surface area contributed by atoms with Gasteiger partial charge in [0.2, 0.25) is 11.8 Å². The number of hydrogen-bond donors (Lipinski definition) is 0. The number of hydrogen-bond acceptors (Lipinski definition) is 3. The Morgan fingerprint density at radius 2 is 1.89 bits per heavy atom. The Morgan fingerprint density at radius 1 is 1.22 bits per heavy atom. The van der Waals surface area contributed by atoms with Crippen molar-refractivity contribution < 1.29 is 14.4 Å². The minimum absolute atomic E-state index is 0.138. The van der Waals surface area contributed by atoms with E-state index in [9.17, 15) is 14.4 Å². The van der Waals surface area contributed by atoms with E-state index in [4.69, 9.17) is 0 Å². The first-order valence-corrected chi connectivity index (χ1v) is 6.01. The van der Waals surface area contributed by atoms with Gasteiger partial charge in [-0.1, -0.05) is 23.8 Å². The van der Waals surface area contributed by atoms with Gasteiger partial charge in [-0.15, -0.1) is 0 Å². The minimum Gasteiger partial charge on any atom is -0.292 e. The average molecular weight is 245 g/mol. The van der Waals surface area contributed by atoms with Gasteiger partial charge >= 0.3 is 0 Å². The predicted molar refractivity (Wildman–Crippen MR) is 66.1 cm³/mol. The number of carbonyl (C=O) groups excluding carboxylic acids is 3. The van der Waals surface area contributed by atoms with E-state index in [1.54, 1.807) is 18.2 Å². The number of piperidine rings is 1. The zero-order chi connectivity index (χ0) is 13.1. The fourth-order valence-electron chi connectivity index (χ4n) is 2.03. The highest BCUT2D eigenvalue weighted by molar-refractivity contribution is 6.05. The molecule has 1 aliphatic heterocycles. The molecule has 94 valence electrons. The molecule has 1 fully saturated rings. The molecule has 4 nitrogen and oxygen atoms in total. The van der Waals surface area contributed by atoms with E-state index in [0.29, 0.717) is 24.8 Å². The van der Waals surface area contributed by atoms with E-state index >= 15 is 0 Å². The SMILES string of the molecule is Cc1cccc(C(=O)CN2C(=O)CCCC2=O)c1. The topological polar surface area (TPSA) is 54.5 Å². The van der Waals surface area contributed by atoms with Crippen LogP contribution in [0.3, 0.4) is 0 Å². The summed E-state index contributed by atoms with van der Waals surface area (Å²) in [6, 6.07) is 7.16. The number of imide groups is 1. The van der Waals surface area contributed by atoms with Crippen LogP contribution in [0.1, 0.15) is 35.2 Å². The molecule has 0 N–H and O–H groups in total. The van der Waals surface area contributed by atoms with E-state index < -0.39 is 0 Å². The van der Waals surface area contributed by atoms with Gasteiger partial charge in [-0.3, -0.25) is 19.3 Å². The van der Waals surface area contributed by atoms with Crippen molar-refractivity contribution >= 4 is 17.6 Å². The van der Waals surface area contributed by atoms with Crippen LogP contribution < -0.4 is 0 Å². The Morgan fingerprint density at radius 3 is 2.50 bits per heavy atom. The first-order chi connectivity index (χ1) is 8.58. The third-order valence-electron chi connectivity index (χ3n) is 3.03. The van der Waals surface area contributed by atoms with Gasteiger partial charge in [-0.2, -0.15) is 0 Å². The Kier molecular flexibility index (Phi) is 3.55. The van der Waals surface area contributed by atoms with Crippen LogP contribution in [-0.4, -0.2) is 29.0 Å². The zero-order valence-corrected chi connectivity index (χ0v) is 10.3. The monoisotopic (exact) mass is 245 g/mol. The van der Waals surface area contributed by atoms with Gasteiger partial charge in [0.1, 0.15) is 0 Å². The summed E-state index contributed by atoms with van der Waals surface area (Å²) in [5, 5.41) is 0. The number of Topliss-reactive ketones (excluding diaryl/α,β-unsaturated/α-hetero) is 1. The lowest BCUT2D eigenvalue weighted by atomic mass is 10.1. The summed E-state index contributed by atoms with van der Waals surface area (Å²) in [7, 11) is 0. The summed E-state index contributed by atoms with van der Waals surface area (Å²) < 4.78 is 0. The Bertz CT molecular complexity index is 492. The van der Waals surface area contributed by atoms with Crippen molar-refractivity contribution in [3.63, 3.8) is 0 Å². The van der Waals surface area contributed by atoms with Crippen LogP contribution in [0.25, 0.3) is 0 Å². The summed E-state index contributed by atoms with van der Waals surface area (Å²) >= 11 is 0. The van der Waals surface area contributed by atoms with Crippen LogP contribution in [0.2, 0.25) is 0 Å². The second-order valence-corrected chi connectivity index (χ2v) is 4.52. The van der Waals surface area contributed by atoms with Crippen molar-refractivity contribution in [2.45, 2.75) is 26.2 Å². The summed E-state index contributed by atoms with van der Waals surface area (Å²) in [4.78, 5) is 36.3. The number of amides is 2. The second-order valence-electron chi connectivity index (χ2n) is 4.52. The molecule has 1 heterocycles. The summed E-state index contributed by atoms with van der Waals surface area (Å²) in [5.41, 5.74) is 1.53. The van der Waals surface area contributed by atoms with Crippen molar-refractivity contribution in [3.8, 4) is 0 Å². The number of aryl methyl sites for hydroxylation is 1. The maximum atomic E-state index is 12.0. The Hall–Kier alpha value is -1.97. The van der Waals surface area contributed by atoms with Crippen molar-refractivity contribution in [2.75, 3.05) is 6.54 Å². The van der Waals surface area contributed by atoms with Gasteiger partial charge in [-0.25, -0.2) is 0 Å². The summed E-state index contributed by atoms with van der Waals surface area (Å²) in [6.45, 7) is 1.76. The largest absolute Gasteiger partial charge is 0.292 e. The van der Waals surface area contributed by atoms with Crippen molar-refractivity contribution in [1.82, 2.24) is 4.90 Å². The smallest absolute Gasteiger partial charge is 0.229 e. The zero-order valence-electron chi connectivity index (χ0n) is 10.3. The lowest BCUT2D eigenvalue weighted by Crippen LogP contribution is -2.43. The molecule has 0 saturated carbocycles. The molecular formula is C14H15NO3. The van der Waals surface area contributed by atoms with Gasteiger partial charge in [0.15, 0.2) is 5.78 Å². The molecule has 2 amide bonds. The highest BCUT2D eigenvalue weighted by Crippen LogP contribution is 2.13. The van der Waals surface area contributed by atoms with Gasteiger partial charge < -0.3 is 0 Å². The van der Waals surface area contributed by atoms with E-state index in [1.807, 2.05) is 13.0 Å². The average Bonchev–Trinajstić information content (AvgIpc) is 2.34.